The first-order valence-electron chi connectivity index (χ1n) is 10.1. The molecule has 3 atom stereocenters. The zero-order chi connectivity index (χ0) is 20.4. The Balaban J connectivity index is 1.39. The fourth-order valence-corrected chi connectivity index (χ4v) is 5.61. The second kappa shape index (κ2) is 8.53. The minimum Gasteiger partial charge on any atom is -0.495 e. The van der Waals surface area contributed by atoms with Crippen molar-refractivity contribution in [1.29, 1.82) is 0 Å². The van der Waals surface area contributed by atoms with Crippen molar-refractivity contribution in [2.24, 2.45) is 17.8 Å². The van der Waals surface area contributed by atoms with Crippen LogP contribution in [-0.2, 0) is 20.9 Å². The predicted molar refractivity (Wildman–Crippen MR) is 111 cm³/mol. The molecule has 0 saturated heterocycles. The van der Waals surface area contributed by atoms with E-state index in [1.165, 1.54) is 48.8 Å². The van der Waals surface area contributed by atoms with Gasteiger partial charge in [-0.1, -0.05) is 18.6 Å². The first-order valence-corrected chi connectivity index (χ1v) is 11.0. The molecule has 29 heavy (non-hydrogen) atoms. The third kappa shape index (κ3) is 4.29. The molecule has 1 amide bonds. The van der Waals surface area contributed by atoms with Crippen LogP contribution in [0, 0.1) is 17.8 Å². The van der Waals surface area contributed by atoms with Gasteiger partial charge in [-0.2, -0.15) is 0 Å². The molecule has 154 valence electrons. The Morgan fingerprint density at radius 1 is 1.24 bits per heavy atom. The van der Waals surface area contributed by atoms with Gasteiger partial charge in [-0.15, -0.1) is 11.3 Å². The van der Waals surface area contributed by atoms with Crippen molar-refractivity contribution < 1.29 is 19.1 Å². The molecule has 0 radical (unpaired) electrons. The monoisotopic (exact) mass is 414 g/mol. The Morgan fingerprint density at radius 2 is 2.07 bits per heavy atom. The number of ether oxygens (including phenoxy) is 2. The van der Waals surface area contributed by atoms with Crippen molar-refractivity contribution >= 4 is 34.0 Å². The van der Waals surface area contributed by atoms with Gasteiger partial charge in [0.25, 0.3) is 0 Å². The number of esters is 1. The van der Waals surface area contributed by atoms with Crippen LogP contribution in [0.1, 0.15) is 44.7 Å². The maximum atomic E-state index is 12.3. The van der Waals surface area contributed by atoms with Crippen molar-refractivity contribution in [1.82, 2.24) is 4.98 Å². The molecule has 0 aliphatic heterocycles. The third-order valence-electron chi connectivity index (χ3n) is 6.07. The molecule has 7 heteroatoms. The number of nitrogens with zero attached hydrogens (tertiary/aromatic N) is 2. The summed E-state index contributed by atoms with van der Waals surface area (Å²) in [5, 5.41) is 2.35. The summed E-state index contributed by atoms with van der Waals surface area (Å²) in [5.41, 5.74) is 1.28. The number of para-hydroxylation sites is 2. The molecule has 6 nitrogen and oxygen atoms in total. The molecule has 2 aromatic rings. The van der Waals surface area contributed by atoms with E-state index in [2.05, 4.69) is 4.98 Å². The number of carbonyl (C=O) groups excluding carboxylic acids is 2. The number of anilines is 2. The molecule has 2 bridgehead atoms. The Bertz CT molecular complexity index is 896. The average Bonchev–Trinajstić information content (AvgIpc) is 3.44. The van der Waals surface area contributed by atoms with Crippen molar-refractivity contribution in [3.63, 3.8) is 0 Å². The zero-order valence-electron chi connectivity index (χ0n) is 16.8. The number of hydrogen-bond acceptors (Lipinski definition) is 6. The highest BCUT2D eigenvalue weighted by atomic mass is 32.1. The fraction of sp³-hybridized carbons (Fsp3) is 0.500. The SMILES string of the molecule is COc1ccccc1N(C(C)=O)c1nc(COC(=O)C[C@H]2C[C@H]3CC[C@@H]2C3)cs1. The fourth-order valence-electron chi connectivity index (χ4n) is 4.74. The lowest BCUT2D eigenvalue weighted by molar-refractivity contribution is -0.146. The zero-order valence-corrected chi connectivity index (χ0v) is 17.6. The van der Waals surface area contributed by atoms with Crippen LogP contribution in [-0.4, -0.2) is 24.0 Å². The summed E-state index contributed by atoms with van der Waals surface area (Å²) >= 11 is 1.34. The lowest BCUT2D eigenvalue weighted by Gasteiger charge is -2.20. The van der Waals surface area contributed by atoms with E-state index in [4.69, 9.17) is 9.47 Å². The van der Waals surface area contributed by atoms with Crippen molar-refractivity contribution in [2.75, 3.05) is 12.0 Å². The number of thiazole rings is 1. The van der Waals surface area contributed by atoms with Crippen LogP contribution in [0.25, 0.3) is 0 Å². The molecule has 0 N–H and O–H groups in total. The van der Waals surface area contributed by atoms with Crippen molar-refractivity contribution in [2.45, 2.75) is 45.6 Å². The summed E-state index contributed by atoms with van der Waals surface area (Å²) in [6, 6.07) is 7.32. The molecule has 4 rings (SSSR count). The Morgan fingerprint density at radius 3 is 2.76 bits per heavy atom. The molecule has 0 spiro atoms. The number of methoxy groups -OCH3 is 1. The summed E-state index contributed by atoms with van der Waals surface area (Å²) in [7, 11) is 1.57. The molecule has 1 heterocycles. The smallest absolute Gasteiger partial charge is 0.306 e. The second-order valence-corrected chi connectivity index (χ2v) is 8.78. The van der Waals surface area contributed by atoms with Gasteiger partial charge in [-0.05, 0) is 49.1 Å². The maximum absolute atomic E-state index is 12.3. The van der Waals surface area contributed by atoms with E-state index in [0.717, 1.165) is 5.92 Å². The number of hydrogen-bond donors (Lipinski definition) is 0. The van der Waals surface area contributed by atoms with E-state index in [9.17, 15) is 9.59 Å². The van der Waals surface area contributed by atoms with E-state index in [1.807, 2.05) is 23.6 Å². The van der Waals surface area contributed by atoms with E-state index in [-0.39, 0.29) is 18.5 Å². The van der Waals surface area contributed by atoms with Crippen LogP contribution < -0.4 is 9.64 Å². The molecule has 1 aromatic heterocycles. The van der Waals surface area contributed by atoms with Gasteiger partial charge in [-0.3, -0.25) is 14.5 Å². The first-order chi connectivity index (χ1) is 14.0. The Labute approximate surface area is 174 Å². The van der Waals surface area contributed by atoms with Gasteiger partial charge in [0.2, 0.25) is 5.91 Å². The van der Waals surface area contributed by atoms with Gasteiger partial charge in [0.1, 0.15) is 12.4 Å². The van der Waals surface area contributed by atoms with Gasteiger partial charge >= 0.3 is 5.97 Å². The van der Waals surface area contributed by atoms with Crippen LogP contribution in [0.4, 0.5) is 10.8 Å². The highest BCUT2D eigenvalue weighted by Gasteiger charge is 2.40. The Hall–Kier alpha value is -2.41. The van der Waals surface area contributed by atoms with Crippen LogP contribution in [0.5, 0.6) is 5.75 Å². The molecule has 2 saturated carbocycles. The molecular weight excluding hydrogens is 388 g/mol. The normalized spacial score (nSPS) is 22.5. The summed E-state index contributed by atoms with van der Waals surface area (Å²) in [6.07, 6.45) is 5.57. The number of amides is 1. The van der Waals surface area contributed by atoms with Gasteiger partial charge in [0, 0.05) is 18.7 Å². The van der Waals surface area contributed by atoms with Crippen LogP contribution in [0.3, 0.4) is 0 Å². The lowest BCUT2D eigenvalue weighted by atomic mass is 9.86. The van der Waals surface area contributed by atoms with Gasteiger partial charge < -0.3 is 9.47 Å². The first kappa shape index (κ1) is 19.9. The summed E-state index contributed by atoms with van der Waals surface area (Å²) < 4.78 is 10.9. The summed E-state index contributed by atoms with van der Waals surface area (Å²) in [6.45, 7) is 1.62. The predicted octanol–water partition coefficient (Wildman–Crippen LogP) is 4.71. The number of rotatable bonds is 7. The van der Waals surface area contributed by atoms with Crippen molar-refractivity contribution in [3.8, 4) is 5.75 Å². The third-order valence-corrected chi connectivity index (χ3v) is 6.94. The standard InChI is InChI=1S/C22H26N2O4S/c1-14(25)24(19-5-3-4-6-20(19)27-2)22-23-18(13-29-22)12-28-21(26)11-17-10-15-7-8-16(17)9-15/h3-6,13,15-17H,7-12H2,1-2H3/t15-,16+,17+/m0/s1. The van der Waals surface area contributed by atoms with E-state index >= 15 is 0 Å². The number of carbonyl (C=O) groups is 2. The number of aromatic nitrogens is 1. The summed E-state index contributed by atoms with van der Waals surface area (Å²) in [5.74, 6) is 2.31. The molecular formula is C22H26N2O4S. The van der Waals surface area contributed by atoms with E-state index in [0.29, 0.717) is 40.5 Å². The summed E-state index contributed by atoms with van der Waals surface area (Å²) in [4.78, 5) is 30.6. The van der Waals surface area contributed by atoms with E-state index < -0.39 is 0 Å². The molecule has 1 aromatic carbocycles. The minimum atomic E-state index is -0.163. The van der Waals surface area contributed by atoms with Crippen molar-refractivity contribution in [3.05, 3.63) is 35.3 Å². The molecule has 2 aliphatic rings. The lowest BCUT2D eigenvalue weighted by Crippen LogP contribution is -2.23. The van der Waals surface area contributed by atoms with Crippen LogP contribution >= 0.6 is 11.3 Å². The van der Waals surface area contributed by atoms with Gasteiger partial charge in [-0.25, -0.2) is 4.98 Å². The average molecular weight is 415 g/mol. The second-order valence-electron chi connectivity index (χ2n) is 7.95. The number of benzene rings is 1. The highest BCUT2D eigenvalue weighted by molar-refractivity contribution is 7.14. The molecule has 2 fully saturated rings. The minimum absolute atomic E-state index is 0.133. The molecule has 0 unspecified atom stereocenters. The Kier molecular flexibility index (Phi) is 5.85. The van der Waals surface area contributed by atoms with Gasteiger partial charge in [0.05, 0.1) is 18.5 Å². The van der Waals surface area contributed by atoms with Crippen LogP contribution in [0.2, 0.25) is 0 Å². The van der Waals surface area contributed by atoms with E-state index in [1.54, 1.807) is 13.2 Å². The maximum Gasteiger partial charge on any atom is 0.306 e. The van der Waals surface area contributed by atoms with Gasteiger partial charge in [0.15, 0.2) is 5.13 Å². The van der Waals surface area contributed by atoms with Crippen LogP contribution in [0.15, 0.2) is 29.6 Å². The topological polar surface area (TPSA) is 68.7 Å². The number of fused-ring (bicyclic) bond motifs is 2. The highest BCUT2D eigenvalue weighted by Crippen LogP contribution is 2.49. The largest absolute Gasteiger partial charge is 0.495 e. The molecule has 2 aliphatic carbocycles. The quantitative estimate of drug-likeness (QED) is 0.614.